The summed E-state index contributed by atoms with van der Waals surface area (Å²) in [6.07, 6.45) is 6.96. The van der Waals surface area contributed by atoms with Crippen LogP contribution >= 0.6 is 0 Å². The first-order chi connectivity index (χ1) is 9.70. The van der Waals surface area contributed by atoms with E-state index in [0.717, 1.165) is 12.3 Å². The van der Waals surface area contributed by atoms with Gasteiger partial charge in [0.25, 0.3) is 0 Å². The van der Waals surface area contributed by atoms with Crippen molar-refractivity contribution in [3.05, 3.63) is 29.8 Å². The van der Waals surface area contributed by atoms with Crippen molar-refractivity contribution in [2.75, 3.05) is 6.54 Å². The molecule has 1 N–H and O–H groups in total. The summed E-state index contributed by atoms with van der Waals surface area (Å²) in [5.41, 5.74) is 1.47. The molecule has 2 rings (SSSR count). The monoisotopic (exact) mass is 275 g/mol. The molecule has 1 saturated carbocycles. The summed E-state index contributed by atoms with van der Waals surface area (Å²) in [6.45, 7) is 7.41. The number of hydrogen-bond acceptors (Lipinski definition) is 2. The first kappa shape index (κ1) is 15.4. The first-order valence-corrected chi connectivity index (χ1v) is 8.20. The van der Waals surface area contributed by atoms with E-state index in [2.05, 4.69) is 50.4 Å². The number of rotatable bonds is 5. The van der Waals surface area contributed by atoms with E-state index in [-0.39, 0.29) is 6.10 Å². The highest BCUT2D eigenvalue weighted by molar-refractivity contribution is 5.30. The fraction of sp³-hybridized carbons (Fsp3) is 0.667. The summed E-state index contributed by atoms with van der Waals surface area (Å²) >= 11 is 0. The smallest absolute Gasteiger partial charge is 0.119 e. The minimum absolute atomic E-state index is 0.244. The maximum atomic E-state index is 5.74. The van der Waals surface area contributed by atoms with Crippen LogP contribution in [0.4, 0.5) is 0 Å². The van der Waals surface area contributed by atoms with Crippen LogP contribution < -0.4 is 10.1 Å². The lowest BCUT2D eigenvalue weighted by Crippen LogP contribution is -2.34. The Balaban J connectivity index is 2.10. The van der Waals surface area contributed by atoms with Gasteiger partial charge in [-0.25, -0.2) is 0 Å². The predicted octanol–water partition coefficient (Wildman–Crippen LogP) is 4.50. The van der Waals surface area contributed by atoms with Crippen LogP contribution in [0.3, 0.4) is 0 Å². The van der Waals surface area contributed by atoms with Crippen molar-refractivity contribution < 1.29 is 4.74 Å². The van der Waals surface area contributed by atoms with Crippen molar-refractivity contribution in [1.82, 2.24) is 5.32 Å². The predicted molar refractivity (Wildman–Crippen MR) is 85.5 cm³/mol. The molecular formula is C18H29NO. The van der Waals surface area contributed by atoms with Crippen LogP contribution in [0.1, 0.15) is 64.4 Å². The van der Waals surface area contributed by atoms with E-state index in [4.69, 9.17) is 4.74 Å². The van der Waals surface area contributed by atoms with E-state index in [1.807, 2.05) is 0 Å². The SMILES string of the molecule is CCNC1CCCCCC1c1ccc(OC(C)C)cc1. The zero-order valence-electron chi connectivity index (χ0n) is 13.2. The standard InChI is InChI=1S/C18H29NO/c1-4-19-18-9-7-5-6-8-17(18)15-10-12-16(13-11-15)20-14(2)3/h10-14,17-19H,4-9H2,1-3H3. The molecule has 0 spiro atoms. The minimum Gasteiger partial charge on any atom is -0.491 e. The molecule has 0 heterocycles. The van der Waals surface area contributed by atoms with Crippen LogP contribution in [-0.4, -0.2) is 18.7 Å². The molecule has 0 aromatic heterocycles. The van der Waals surface area contributed by atoms with E-state index >= 15 is 0 Å². The van der Waals surface area contributed by atoms with E-state index in [0.29, 0.717) is 12.0 Å². The Kier molecular flexibility index (Phi) is 5.90. The number of benzene rings is 1. The van der Waals surface area contributed by atoms with Crippen LogP contribution in [0.5, 0.6) is 5.75 Å². The summed E-state index contributed by atoms with van der Waals surface area (Å²) in [5.74, 6) is 1.64. The molecule has 0 amide bonds. The molecular weight excluding hydrogens is 246 g/mol. The van der Waals surface area contributed by atoms with E-state index in [1.54, 1.807) is 0 Å². The Morgan fingerprint density at radius 1 is 1.10 bits per heavy atom. The third-order valence-electron chi connectivity index (χ3n) is 4.16. The Labute approximate surface area is 123 Å². The van der Waals surface area contributed by atoms with Crippen molar-refractivity contribution in [3.63, 3.8) is 0 Å². The van der Waals surface area contributed by atoms with Gasteiger partial charge in [0.2, 0.25) is 0 Å². The second-order valence-corrected chi connectivity index (χ2v) is 6.14. The summed E-state index contributed by atoms with van der Waals surface area (Å²) in [4.78, 5) is 0. The summed E-state index contributed by atoms with van der Waals surface area (Å²) in [5, 5.41) is 3.69. The normalized spacial score (nSPS) is 23.6. The molecule has 0 aliphatic heterocycles. The summed E-state index contributed by atoms with van der Waals surface area (Å²) in [6, 6.07) is 9.42. The van der Waals surface area contributed by atoms with Gasteiger partial charge in [0.15, 0.2) is 0 Å². The average Bonchev–Trinajstić information content (AvgIpc) is 2.65. The lowest BCUT2D eigenvalue weighted by atomic mass is 9.87. The van der Waals surface area contributed by atoms with Gasteiger partial charge in [0.1, 0.15) is 5.75 Å². The molecule has 0 bridgehead atoms. The Morgan fingerprint density at radius 2 is 1.80 bits per heavy atom. The Morgan fingerprint density at radius 3 is 2.45 bits per heavy atom. The second kappa shape index (κ2) is 7.68. The zero-order valence-corrected chi connectivity index (χ0v) is 13.2. The van der Waals surface area contributed by atoms with Crippen molar-refractivity contribution >= 4 is 0 Å². The highest BCUT2D eigenvalue weighted by Gasteiger charge is 2.24. The van der Waals surface area contributed by atoms with Gasteiger partial charge in [-0.1, -0.05) is 38.3 Å². The van der Waals surface area contributed by atoms with Crippen molar-refractivity contribution in [1.29, 1.82) is 0 Å². The molecule has 1 aliphatic carbocycles. The Hall–Kier alpha value is -1.02. The van der Waals surface area contributed by atoms with Gasteiger partial charge in [0.05, 0.1) is 6.10 Å². The summed E-state index contributed by atoms with van der Waals surface area (Å²) < 4.78 is 5.74. The molecule has 0 saturated heterocycles. The maximum Gasteiger partial charge on any atom is 0.119 e. The minimum atomic E-state index is 0.244. The van der Waals surface area contributed by atoms with E-state index in [9.17, 15) is 0 Å². The molecule has 2 heteroatoms. The van der Waals surface area contributed by atoms with Crippen LogP contribution in [0.15, 0.2) is 24.3 Å². The van der Waals surface area contributed by atoms with Gasteiger partial charge in [-0.3, -0.25) is 0 Å². The topological polar surface area (TPSA) is 21.3 Å². The van der Waals surface area contributed by atoms with Gasteiger partial charge in [-0.15, -0.1) is 0 Å². The van der Waals surface area contributed by atoms with Crippen molar-refractivity contribution in [2.24, 2.45) is 0 Å². The van der Waals surface area contributed by atoms with Gasteiger partial charge in [-0.05, 0) is 56.8 Å². The fourth-order valence-corrected chi connectivity index (χ4v) is 3.28. The second-order valence-electron chi connectivity index (χ2n) is 6.14. The van der Waals surface area contributed by atoms with Gasteiger partial charge >= 0.3 is 0 Å². The van der Waals surface area contributed by atoms with E-state index < -0.39 is 0 Å². The molecule has 20 heavy (non-hydrogen) atoms. The molecule has 1 fully saturated rings. The van der Waals surface area contributed by atoms with Crippen LogP contribution in [0, 0.1) is 0 Å². The van der Waals surface area contributed by atoms with Crippen molar-refractivity contribution in [3.8, 4) is 5.75 Å². The Bertz CT molecular complexity index is 385. The highest BCUT2D eigenvalue weighted by atomic mass is 16.5. The largest absolute Gasteiger partial charge is 0.491 e. The molecule has 1 aliphatic rings. The van der Waals surface area contributed by atoms with E-state index in [1.165, 1.54) is 37.7 Å². The molecule has 2 unspecified atom stereocenters. The van der Waals surface area contributed by atoms with Crippen LogP contribution in [0.25, 0.3) is 0 Å². The average molecular weight is 275 g/mol. The van der Waals surface area contributed by atoms with Crippen molar-refractivity contribution in [2.45, 2.75) is 70.9 Å². The van der Waals surface area contributed by atoms with Gasteiger partial charge in [0, 0.05) is 6.04 Å². The van der Waals surface area contributed by atoms with Crippen LogP contribution in [0.2, 0.25) is 0 Å². The fourth-order valence-electron chi connectivity index (χ4n) is 3.28. The molecule has 0 radical (unpaired) electrons. The summed E-state index contributed by atoms with van der Waals surface area (Å²) in [7, 11) is 0. The van der Waals surface area contributed by atoms with Gasteiger partial charge < -0.3 is 10.1 Å². The molecule has 2 atom stereocenters. The number of hydrogen-bond donors (Lipinski definition) is 1. The van der Waals surface area contributed by atoms with Crippen LogP contribution in [-0.2, 0) is 0 Å². The third kappa shape index (κ3) is 4.24. The maximum absolute atomic E-state index is 5.74. The highest BCUT2D eigenvalue weighted by Crippen LogP contribution is 2.33. The third-order valence-corrected chi connectivity index (χ3v) is 4.16. The molecule has 1 aromatic carbocycles. The van der Waals surface area contributed by atoms with Gasteiger partial charge in [-0.2, -0.15) is 0 Å². The zero-order chi connectivity index (χ0) is 14.4. The molecule has 1 aromatic rings. The molecule has 112 valence electrons. The quantitative estimate of drug-likeness (QED) is 0.799. The number of ether oxygens (including phenoxy) is 1. The lowest BCUT2D eigenvalue weighted by molar-refractivity contribution is 0.242. The lowest BCUT2D eigenvalue weighted by Gasteiger charge is -2.26. The number of likely N-dealkylation sites (N-methyl/N-ethyl adjacent to an activating group) is 1. The first-order valence-electron chi connectivity index (χ1n) is 8.20. The molecule has 2 nitrogen and oxygen atoms in total. The number of nitrogens with one attached hydrogen (secondary N) is 1.